The Labute approximate surface area is 130 Å². The molecule has 0 aliphatic carbocycles. The fraction of sp³-hybridized carbons (Fsp3) is 0.0769. The van der Waals surface area contributed by atoms with Crippen LogP contribution in [0.4, 0.5) is 0 Å². The van der Waals surface area contributed by atoms with E-state index in [4.69, 9.17) is 23.2 Å². The molecule has 0 fully saturated rings. The first-order valence-corrected chi connectivity index (χ1v) is 7.88. The number of hydrogen-bond acceptors (Lipinski definition) is 4. The lowest BCUT2D eigenvalue weighted by Crippen LogP contribution is -1.88. The van der Waals surface area contributed by atoms with Crippen LogP contribution in [0.1, 0.15) is 5.56 Å². The highest BCUT2D eigenvalue weighted by Gasteiger charge is 2.22. The van der Waals surface area contributed by atoms with E-state index in [2.05, 4.69) is 11.6 Å². The highest BCUT2D eigenvalue weighted by molar-refractivity contribution is 8.45. The van der Waals surface area contributed by atoms with Crippen molar-refractivity contribution in [3.8, 4) is 0 Å². The van der Waals surface area contributed by atoms with E-state index in [1.165, 1.54) is 11.8 Å². The largest absolute Gasteiger partial charge is 0.279 e. The first kappa shape index (κ1) is 14.7. The SMILES string of the molecule is C=CCSC1=N/C(=C/c2cccc(Cl)c2Cl)C(=O)S1. The number of nitrogens with zero attached hydrogens (tertiary/aromatic N) is 1. The Morgan fingerprint density at radius 2 is 2.21 bits per heavy atom. The topological polar surface area (TPSA) is 29.4 Å². The predicted octanol–water partition coefficient (Wildman–Crippen LogP) is 4.88. The van der Waals surface area contributed by atoms with E-state index in [-0.39, 0.29) is 5.12 Å². The summed E-state index contributed by atoms with van der Waals surface area (Å²) in [6, 6.07) is 5.28. The summed E-state index contributed by atoms with van der Waals surface area (Å²) < 4.78 is 0.731. The van der Waals surface area contributed by atoms with Gasteiger partial charge in [0.15, 0.2) is 0 Å². The molecule has 1 aromatic rings. The maximum Gasteiger partial charge on any atom is 0.244 e. The van der Waals surface area contributed by atoms with Crippen LogP contribution in [-0.2, 0) is 4.79 Å². The quantitative estimate of drug-likeness (QED) is 0.584. The van der Waals surface area contributed by atoms with E-state index < -0.39 is 0 Å². The molecule has 0 aromatic heterocycles. The fourth-order valence-corrected chi connectivity index (χ4v) is 3.33. The molecule has 1 aliphatic heterocycles. The van der Waals surface area contributed by atoms with Crippen LogP contribution in [-0.4, -0.2) is 15.2 Å². The molecule has 1 aliphatic rings. The van der Waals surface area contributed by atoms with Crippen LogP contribution in [0.15, 0.2) is 41.5 Å². The molecule has 0 saturated carbocycles. The summed E-state index contributed by atoms with van der Waals surface area (Å²) >= 11 is 14.6. The zero-order valence-corrected chi connectivity index (χ0v) is 12.9. The highest BCUT2D eigenvalue weighted by atomic mass is 35.5. The van der Waals surface area contributed by atoms with Crippen LogP contribution in [0, 0.1) is 0 Å². The second-order valence-corrected chi connectivity index (χ2v) is 6.55. The standard InChI is InChI=1S/C13H9Cl2NOS2/c1-2-6-18-13-16-10(12(17)19-13)7-8-4-3-5-9(14)11(8)15/h2-5,7H,1,6H2/b10-7+. The Bertz CT molecular complexity index is 596. The van der Waals surface area contributed by atoms with Gasteiger partial charge in [0, 0.05) is 5.75 Å². The van der Waals surface area contributed by atoms with Crippen molar-refractivity contribution in [1.82, 2.24) is 0 Å². The van der Waals surface area contributed by atoms with Crippen molar-refractivity contribution in [3.05, 3.63) is 52.2 Å². The van der Waals surface area contributed by atoms with Crippen LogP contribution in [0.5, 0.6) is 0 Å². The maximum atomic E-state index is 11.8. The number of carbonyl (C=O) groups is 1. The van der Waals surface area contributed by atoms with Gasteiger partial charge in [0.2, 0.25) is 5.12 Å². The molecular formula is C13H9Cl2NOS2. The molecular weight excluding hydrogens is 321 g/mol. The molecule has 19 heavy (non-hydrogen) atoms. The van der Waals surface area contributed by atoms with Crippen molar-refractivity contribution in [3.63, 3.8) is 0 Å². The molecule has 2 rings (SSSR count). The minimum Gasteiger partial charge on any atom is -0.279 e. The van der Waals surface area contributed by atoms with E-state index in [0.717, 1.165) is 21.9 Å². The average molecular weight is 330 g/mol. The van der Waals surface area contributed by atoms with Crippen molar-refractivity contribution in [1.29, 1.82) is 0 Å². The van der Waals surface area contributed by atoms with Gasteiger partial charge in [-0.2, -0.15) is 0 Å². The lowest BCUT2D eigenvalue weighted by Gasteiger charge is -2.00. The monoisotopic (exact) mass is 329 g/mol. The minimum atomic E-state index is -0.0809. The molecule has 2 nitrogen and oxygen atoms in total. The molecule has 0 saturated heterocycles. The van der Waals surface area contributed by atoms with Gasteiger partial charge in [-0.25, -0.2) is 4.99 Å². The van der Waals surface area contributed by atoms with Gasteiger partial charge in [0.05, 0.1) is 10.0 Å². The third-order valence-corrected chi connectivity index (χ3v) is 5.04. The third kappa shape index (κ3) is 3.66. The van der Waals surface area contributed by atoms with Gasteiger partial charge < -0.3 is 0 Å². The summed E-state index contributed by atoms with van der Waals surface area (Å²) in [7, 11) is 0. The zero-order chi connectivity index (χ0) is 13.8. The van der Waals surface area contributed by atoms with Crippen molar-refractivity contribution >= 4 is 62.3 Å². The number of carbonyl (C=O) groups excluding carboxylic acids is 1. The number of thioether (sulfide) groups is 2. The van der Waals surface area contributed by atoms with Gasteiger partial charge in [-0.3, -0.25) is 4.79 Å². The number of rotatable bonds is 3. The van der Waals surface area contributed by atoms with E-state index >= 15 is 0 Å². The molecule has 98 valence electrons. The van der Waals surface area contributed by atoms with E-state index in [0.29, 0.717) is 21.3 Å². The second kappa shape index (κ2) is 6.66. The molecule has 1 heterocycles. The number of halogens is 2. The van der Waals surface area contributed by atoms with Crippen molar-refractivity contribution in [2.24, 2.45) is 4.99 Å². The summed E-state index contributed by atoms with van der Waals surface area (Å²) in [5.74, 6) is 0.727. The average Bonchev–Trinajstić information content (AvgIpc) is 2.73. The van der Waals surface area contributed by atoms with E-state index in [1.807, 2.05) is 0 Å². The summed E-state index contributed by atoms with van der Waals surface area (Å²) in [6.45, 7) is 3.63. The summed E-state index contributed by atoms with van der Waals surface area (Å²) in [6.07, 6.45) is 3.43. The lowest BCUT2D eigenvalue weighted by atomic mass is 10.2. The lowest BCUT2D eigenvalue weighted by molar-refractivity contribution is -0.107. The van der Waals surface area contributed by atoms with Crippen LogP contribution in [0.25, 0.3) is 6.08 Å². The molecule has 0 amide bonds. The van der Waals surface area contributed by atoms with Crippen LogP contribution in [0.3, 0.4) is 0 Å². The van der Waals surface area contributed by atoms with Crippen LogP contribution < -0.4 is 0 Å². The molecule has 0 spiro atoms. The van der Waals surface area contributed by atoms with E-state index in [9.17, 15) is 4.79 Å². The molecule has 6 heteroatoms. The Morgan fingerprint density at radius 3 is 2.95 bits per heavy atom. The fourth-order valence-electron chi connectivity index (χ4n) is 1.36. The first-order chi connectivity index (χ1) is 9.11. The minimum absolute atomic E-state index is 0.0809. The van der Waals surface area contributed by atoms with E-state index in [1.54, 1.807) is 30.4 Å². The van der Waals surface area contributed by atoms with Crippen LogP contribution >= 0.6 is 46.7 Å². The molecule has 0 atom stereocenters. The number of benzene rings is 1. The molecule has 0 bridgehead atoms. The highest BCUT2D eigenvalue weighted by Crippen LogP contribution is 2.33. The molecule has 0 radical (unpaired) electrons. The summed E-state index contributed by atoms with van der Waals surface area (Å²) in [5.41, 5.74) is 1.08. The summed E-state index contributed by atoms with van der Waals surface area (Å²) in [4.78, 5) is 16.1. The van der Waals surface area contributed by atoms with Gasteiger partial charge in [0.25, 0.3) is 0 Å². The Hall–Kier alpha value is -0.680. The van der Waals surface area contributed by atoms with Crippen LogP contribution in [0.2, 0.25) is 10.0 Å². The predicted molar refractivity (Wildman–Crippen MR) is 87.1 cm³/mol. The molecule has 0 N–H and O–H groups in total. The number of hydrogen-bond donors (Lipinski definition) is 0. The van der Waals surface area contributed by atoms with Crippen molar-refractivity contribution in [2.75, 3.05) is 5.75 Å². The third-order valence-electron chi connectivity index (χ3n) is 2.20. The Morgan fingerprint density at radius 1 is 1.42 bits per heavy atom. The van der Waals surface area contributed by atoms with Gasteiger partial charge >= 0.3 is 0 Å². The first-order valence-electron chi connectivity index (χ1n) is 5.32. The van der Waals surface area contributed by atoms with Gasteiger partial charge in [0.1, 0.15) is 10.1 Å². The number of aliphatic imine (C=N–C) groups is 1. The Balaban J connectivity index is 2.28. The van der Waals surface area contributed by atoms with Gasteiger partial charge in [-0.15, -0.1) is 6.58 Å². The molecule has 0 unspecified atom stereocenters. The molecule has 1 aromatic carbocycles. The van der Waals surface area contributed by atoms with Gasteiger partial charge in [-0.1, -0.05) is 53.2 Å². The second-order valence-electron chi connectivity index (χ2n) is 3.54. The maximum absolute atomic E-state index is 11.8. The van der Waals surface area contributed by atoms with Crippen molar-refractivity contribution in [2.45, 2.75) is 0 Å². The zero-order valence-electron chi connectivity index (χ0n) is 9.73. The van der Waals surface area contributed by atoms with Gasteiger partial charge in [-0.05, 0) is 29.5 Å². The normalized spacial score (nSPS) is 16.8. The smallest absolute Gasteiger partial charge is 0.244 e. The van der Waals surface area contributed by atoms with Crippen molar-refractivity contribution < 1.29 is 4.79 Å². The Kier molecular flexibility index (Phi) is 5.16. The summed E-state index contributed by atoms with van der Waals surface area (Å²) in [5, 5.41) is 0.804.